The van der Waals surface area contributed by atoms with Gasteiger partial charge in [0, 0.05) is 12.4 Å². The van der Waals surface area contributed by atoms with Crippen molar-refractivity contribution in [2.45, 2.75) is 36.8 Å². The van der Waals surface area contributed by atoms with Crippen LogP contribution in [0.2, 0.25) is 0 Å². The average molecular weight is 560 g/mol. The Hall–Kier alpha value is -3.06. The molecule has 164 valence electrons. The summed E-state index contributed by atoms with van der Waals surface area (Å²) in [5.41, 5.74) is 10.7. The van der Waals surface area contributed by atoms with Crippen molar-refractivity contribution in [3.8, 4) is 12.1 Å². The molecule has 2 aromatic rings. The molecule has 2 heterocycles. The molecule has 10 nitrogen and oxygen atoms in total. The number of nitrogens with zero attached hydrogens (tertiary/aromatic N) is 8. The van der Waals surface area contributed by atoms with Gasteiger partial charge in [0.25, 0.3) is 0 Å². The number of hydrogen-bond donors (Lipinski definition) is 2. The van der Waals surface area contributed by atoms with Gasteiger partial charge in [-0.05, 0) is 57.5 Å². The summed E-state index contributed by atoms with van der Waals surface area (Å²) in [6, 6.07) is 4.44. The van der Waals surface area contributed by atoms with E-state index < -0.39 is 0 Å². The summed E-state index contributed by atoms with van der Waals surface area (Å²) in [5.74, 6) is 0.909. The number of hydrogen-bond acceptors (Lipinski definition) is 6. The van der Waals surface area contributed by atoms with Gasteiger partial charge >= 0.3 is 0 Å². The first-order valence-corrected chi connectivity index (χ1v) is 11.3. The van der Waals surface area contributed by atoms with E-state index >= 15 is 0 Å². The molecule has 12 heteroatoms. The molecule has 0 amide bonds. The molecule has 2 aliphatic rings. The first-order chi connectivity index (χ1) is 15.2. The zero-order chi connectivity index (χ0) is 23.5. The smallest absolute Gasteiger partial charge is 0.239 e. The number of anilines is 2. The number of aromatic nitrogens is 4. The van der Waals surface area contributed by atoms with Gasteiger partial charge in [-0.2, -0.15) is 20.7 Å². The van der Waals surface area contributed by atoms with E-state index in [-0.39, 0.29) is 22.9 Å². The monoisotopic (exact) mass is 558 g/mol. The molecule has 0 unspecified atom stereocenters. The van der Waals surface area contributed by atoms with Crippen LogP contribution in [0.5, 0.6) is 0 Å². The van der Waals surface area contributed by atoms with Gasteiger partial charge in [-0.1, -0.05) is 0 Å². The molecule has 0 saturated heterocycles. The molecule has 2 fully saturated rings. The number of nitrogen functional groups attached to an aromatic ring is 2. The maximum atomic E-state index is 8.80. The van der Waals surface area contributed by atoms with E-state index in [0.717, 1.165) is 8.95 Å². The lowest BCUT2D eigenvalue weighted by atomic mass is 9.69. The molecular formula is C20H20Br2N10. The van der Waals surface area contributed by atoms with Crippen LogP contribution in [0.1, 0.15) is 25.7 Å². The van der Waals surface area contributed by atoms with Crippen molar-refractivity contribution in [1.29, 1.82) is 10.5 Å². The van der Waals surface area contributed by atoms with Crippen LogP contribution in [0.15, 0.2) is 21.3 Å². The van der Waals surface area contributed by atoms with Crippen LogP contribution in [0.3, 0.4) is 0 Å². The van der Waals surface area contributed by atoms with Crippen molar-refractivity contribution in [2.75, 3.05) is 24.6 Å². The molecule has 2 saturated carbocycles. The highest BCUT2D eigenvalue weighted by Gasteiger charge is 2.51. The second kappa shape index (κ2) is 9.20. The Morgan fingerprint density at radius 3 is 1.47 bits per heavy atom. The highest BCUT2D eigenvalue weighted by molar-refractivity contribution is 9.11. The van der Waals surface area contributed by atoms with Gasteiger partial charge in [0.05, 0.1) is 32.9 Å². The van der Waals surface area contributed by atoms with Crippen LogP contribution < -0.4 is 11.5 Å². The van der Waals surface area contributed by atoms with Crippen LogP contribution in [0.4, 0.5) is 11.6 Å². The highest BCUT2D eigenvalue weighted by Crippen LogP contribution is 2.45. The Bertz CT molecular complexity index is 1030. The fourth-order valence-electron chi connectivity index (χ4n) is 4.19. The maximum Gasteiger partial charge on any atom is 0.239 e. The highest BCUT2D eigenvalue weighted by atomic mass is 79.9. The predicted molar refractivity (Wildman–Crippen MR) is 124 cm³/mol. The zero-order valence-corrected chi connectivity index (χ0v) is 20.2. The predicted octanol–water partition coefficient (Wildman–Crippen LogP) is 3.55. The second-order valence-electron chi connectivity index (χ2n) is 8.16. The van der Waals surface area contributed by atoms with Crippen molar-refractivity contribution in [3.63, 3.8) is 0 Å². The van der Waals surface area contributed by atoms with Crippen LogP contribution in [-0.4, -0.2) is 32.7 Å². The summed E-state index contributed by atoms with van der Waals surface area (Å²) >= 11 is 6.59. The largest absolute Gasteiger partial charge is 0.381 e. The van der Waals surface area contributed by atoms with Gasteiger partial charge in [-0.25, -0.2) is 13.1 Å². The Morgan fingerprint density at radius 1 is 0.906 bits per heavy atom. The summed E-state index contributed by atoms with van der Waals surface area (Å²) in [4.78, 5) is 6.88. The Kier molecular flexibility index (Phi) is 6.79. The lowest BCUT2D eigenvalue weighted by Gasteiger charge is -2.40. The second-order valence-corrected chi connectivity index (χ2v) is 9.87. The van der Waals surface area contributed by atoms with Crippen LogP contribution >= 0.6 is 31.9 Å². The number of nitriles is 2. The van der Waals surface area contributed by atoms with Gasteiger partial charge in [0.2, 0.25) is 13.1 Å². The third-order valence-electron chi connectivity index (χ3n) is 5.98. The lowest BCUT2D eigenvalue weighted by Crippen LogP contribution is -2.48. The summed E-state index contributed by atoms with van der Waals surface area (Å²) in [6.07, 6.45) is 6.29. The van der Waals surface area contributed by atoms with Gasteiger partial charge in [0.15, 0.2) is 11.6 Å². The molecule has 4 N–H and O–H groups in total. The molecule has 0 radical (unpaired) electrons. The minimum atomic E-state index is -0.331. The third kappa shape index (κ3) is 4.30. The van der Waals surface area contributed by atoms with E-state index in [0.29, 0.717) is 50.4 Å². The Morgan fingerprint density at radius 2 is 1.25 bits per heavy atom. The molecule has 0 aliphatic heterocycles. The molecule has 2 aromatic heterocycles. The van der Waals surface area contributed by atoms with Gasteiger partial charge in [-0.15, -0.1) is 0 Å². The van der Waals surface area contributed by atoms with Crippen molar-refractivity contribution in [2.24, 2.45) is 11.8 Å². The summed E-state index contributed by atoms with van der Waals surface area (Å²) in [7, 11) is 0. The maximum absolute atomic E-state index is 8.80. The summed E-state index contributed by atoms with van der Waals surface area (Å²) in [5, 5.41) is 26.0. The number of nitrogens with two attached hydrogens (primary N) is 2. The van der Waals surface area contributed by atoms with Crippen LogP contribution in [0.25, 0.3) is 9.69 Å². The van der Waals surface area contributed by atoms with Crippen molar-refractivity contribution in [3.05, 3.63) is 44.2 Å². The zero-order valence-electron chi connectivity index (χ0n) is 17.0. The molecule has 2 aliphatic carbocycles. The number of rotatable bonds is 4. The molecule has 0 spiro atoms. The third-order valence-corrected chi connectivity index (χ3v) is 7.20. The topological polar surface area (TPSA) is 144 Å². The van der Waals surface area contributed by atoms with Gasteiger partial charge < -0.3 is 21.2 Å². The molecule has 0 aromatic carbocycles. The molecule has 0 bridgehead atoms. The van der Waals surface area contributed by atoms with E-state index in [1.54, 1.807) is 21.8 Å². The lowest BCUT2D eigenvalue weighted by molar-refractivity contribution is 0.102. The van der Waals surface area contributed by atoms with E-state index in [1.807, 2.05) is 0 Å². The van der Waals surface area contributed by atoms with E-state index in [4.69, 9.17) is 35.1 Å². The van der Waals surface area contributed by atoms with Gasteiger partial charge in [-0.3, -0.25) is 9.36 Å². The minimum Gasteiger partial charge on any atom is -0.381 e. The molecule has 4 rings (SSSR count). The average Bonchev–Trinajstić information content (AvgIpc) is 3.22. The number of halogens is 2. The van der Waals surface area contributed by atoms with Crippen molar-refractivity contribution < 1.29 is 0 Å². The molecule has 32 heavy (non-hydrogen) atoms. The van der Waals surface area contributed by atoms with E-state index in [1.165, 1.54) is 0 Å². The molecular weight excluding hydrogens is 540 g/mol. The van der Waals surface area contributed by atoms with Crippen LogP contribution in [0, 0.1) is 47.6 Å². The van der Waals surface area contributed by atoms with E-state index in [2.05, 4.69) is 63.9 Å². The van der Waals surface area contributed by atoms with Crippen molar-refractivity contribution >= 4 is 43.5 Å². The summed E-state index contributed by atoms with van der Waals surface area (Å²) < 4.78 is 4.94. The quantitative estimate of drug-likeness (QED) is 0.548. The molecule has 0 atom stereocenters. The normalized spacial score (nSPS) is 27.8. The fraction of sp³-hybridized carbons (Fsp3) is 0.500. The van der Waals surface area contributed by atoms with Crippen LogP contribution in [-0.2, 0) is 11.1 Å². The Balaban J connectivity index is 0.000000181. The fourth-order valence-corrected chi connectivity index (χ4v) is 4.73. The Labute approximate surface area is 202 Å². The first-order valence-electron chi connectivity index (χ1n) is 9.70. The first kappa shape index (κ1) is 23.6. The standard InChI is InChI=1S/2C10H10BrN5/c2*1-14-6-10(2-7(3-10)4-12)16-5-8(11)9(13)15-16/h2*5,7H,2-3,6H2,(H2,13,15). The van der Waals surface area contributed by atoms with Gasteiger partial charge in [0.1, 0.15) is 11.1 Å². The SMILES string of the molecule is [C-]#[N+]CC1(n2cc(Br)c(N)n2)CC(C#N)C1.[C-]#[N+]CC1(n2cc(Br)c(N)n2)CC(C#N)C1. The summed E-state index contributed by atoms with van der Waals surface area (Å²) in [6.45, 7) is 14.7. The minimum absolute atomic E-state index is 0.0333. The van der Waals surface area contributed by atoms with Crippen molar-refractivity contribution in [1.82, 2.24) is 19.6 Å². The van der Waals surface area contributed by atoms with E-state index in [9.17, 15) is 0 Å².